The number of amides is 1. The smallest absolute Gasteiger partial charge is 0.275 e. The van der Waals surface area contributed by atoms with Crippen molar-refractivity contribution < 1.29 is 23.6 Å². The molecule has 1 heterocycles. The molecule has 0 aromatic heterocycles. The quantitative estimate of drug-likeness (QED) is 0.637. The van der Waals surface area contributed by atoms with Crippen molar-refractivity contribution in [3.63, 3.8) is 0 Å². The predicted octanol–water partition coefficient (Wildman–Crippen LogP) is 0.429. The number of aliphatic hydroxyl groups is 1. The van der Waals surface area contributed by atoms with Crippen molar-refractivity contribution in [3.8, 4) is 0 Å². The minimum absolute atomic E-state index is 0.180. The summed E-state index contributed by atoms with van der Waals surface area (Å²) in [5, 5.41) is 19.3. The summed E-state index contributed by atoms with van der Waals surface area (Å²) < 4.78 is 27.4. The van der Waals surface area contributed by atoms with Crippen molar-refractivity contribution >= 4 is 17.3 Å². The fraction of sp³-hybridized carbons (Fsp3) is 0.300. The van der Waals surface area contributed by atoms with Gasteiger partial charge in [-0.15, -0.1) is 0 Å². The van der Waals surface area contributed by atoms with Gasteiger partial charge in [-0.3, -0.25) is 14.9 Å². The van der Waals surface area contributed by atoms with Crippen LogP contribution in [0.15, 0.2) is 12.1 Å². The second-order valence-corrected chi connectivity index (χ2v) is 3.93. The summed E-state index contributed by atoms with van der Waals surface area (Å²) in [5.41, 5.74) is -1.22. The number of aliphatic hydroxyl groups excluding tert-OH is 1. The third kappa shape index (κ3) is 2.32. The van der Waals surface area contributed by atoms with Crippen LogP contribution in [0.3, 0.4) is 0 Å². The number of nitro benzene ring substituents is 1. The number of hydrogen-bond acceptors (Lipinski definition) is 5. The van der Waals surface area contributed by atoms with Gasteiger partial charge in [0.15, 0.2) is 11.6 Å². The lowest BCUT2D eigenvalue weighted by Gasteiger charge is -2.19. The molecular formula is C10H9F2N3O4. The van der Waals surface area contributed by atoms with E-state index in [1.165, 1.54) is 0 Å². The first-order valence-electron chi connectivity index (χ1n) is 5.21. The highest BCUT2D eigenvalue weighted by atomic mass is 19.1. The zero-order valence-corrected chi connectivity index (χ0v) is 9.55. The molecule has 7 nitrogen and oxygen atoms in total. The normalized spacial score (nSPS) is 15.2. The van der Waals surface area contributed by atoms with Crippen molar-refractivity contribution in [2.75, 3.05) is 24.8 Å². The van der Waals surface area contributed by atoms with Gasteiger partial charge in [-0.05, 0) is 0 Å². The number of non-ortho nitro benzene ring substituents is 1. The Balaban J connectivity index is 2.36. The van der Waals surface area contributed by atoms with Crippen molar-refractivity contribution in [2.24, 2.45) is 0 Å². The van der Waals surface area contributed by atoms with Gasteiger partial charge in [0.1, 0.15) is 12.4 Å². The Morgan fingerprint density at radius 1 is 1.37 bits per heavy atom. The number of carbonyl (C=O) groups is 1. The number of benzene rings is 1. The third-order valence-electron chi connectivity index (χ3n) is 2.72. The topological polar surface area (TPSA) is 86.9 Å². The molecule has 1 fully saturated rings. The van der Waals surface area contributed by atoms with Gasteiger partial charge in [0.05, 0.1) is 30.3 Å². The lowest BCUT2D eigenvalue weighted by Crippen LogP contribution is -2.28. The van der Waals surface area contributed by atoms with Gasteiger partial charge in [-0.1, -0.05) is 0 Å². The second kappa shape index (κ2) is 4.76. The van der Waals surface area contributed by atoms with Gasteiger partial charge in [-0.2, -0.15) is 0 Å². The number of halogens is 2. The first kappa shape index (κ1) is 13.1. The van der Waals surface area contributed by atoms with Crippen LogP contribution in [0.4, 0.5) is 20.2 Å². The predicted molar refractivity (Wildman–Crippen MR) is 59.2 cm³/mol. The molecule has 0 radical (unpaired) electrons. The molecule has 1 aromatic rings. The molecule has 9 heteroatoms. The average Bonchev–Trinajstić information content (AvgIpc) is 2.69. The largest absolute Gasteiger partial charge is 0.376 e. The molecule has 1 aliphatic heterocycles. The van der Waals surface area contributed by atoms with E-state index in [0.29, 0.717) is 12.1 Å². The molecule has 1 N–H and O–H groups in total. The summed E-state index contributed by atoms with van der Waals surface area (Å²) in [6.07, 6.45) is 0. The lowest BCUT2D eigenvalue weighted by atomic mass is 10.2. The van der Waals surface area contributed by atoms with Crippen LogP contribution in [-0.4, -0.2) is 40.8 Å². The Morgan fingerprint density at radius 2 is 1.95 bits per heavy atom. The molecular weight excluding hydrogens is 264 g/mol. The van der Waals surface area contributed by atoms with Gasteiger partial charge < -0.3 is 14.9 Å². The molecule has 1 aromatic carbocycles. The van der Waals surface area contributed by atoms with E-state index in [1.807, 2.05) is 0 Å². The molecule has 1 aliphatic rings. The zero-order chi connectivity index (χ0) is 14.2. The molecule has 1 saturated heterocycles. The first-order valence-corrected chi connectivity index (χ1v) is 5.21. The van der Waals surface area contributed by atoms with Crippen molar-refractivity contribution in [2.45, 2.75) is 0 Å². The molecule has 0 saturated carbocycles. The number of rotatable bonds is 3. The maximum absolute atomic E-state index is 13.7. The highest BCUT2D eigenvalue weighted by Crippen LogP contribution is 2.29. The van der Waals surface area contributed by atoms with E-state index in [-0.39, 0.29) is 13.2 Å². The molecule has 0 aliphatic carbocycles. The fourth-order valence-corrected chi connectivity index (χ4v) is 1.83. The molecule has 0 atom stereocenters. The summed E-state index contributed by atoms with van der Waals surface area (Å²) in [5.74, 6) is -2.74. The molecule has 1 amide bonds. The van der Waals surface area contributed by atoms with Crippen LogP contribution >= 0.6 is 0 Å². The molecule has 102 valence electrons. The Hall–Kier alpha value is -2.29. The van der Waals surface area contributed by atoms with E-state index >= 15 is 0 Å². The van der Waals surface area contributed by atoms with Gasteiger partial charge in [0.25, 0.3) is 5.69 Å². The van der Waals surface area contributed by atoms with Crippen LogP contribution in [0.25, 0.3) is 0 Å². The van der Waals surface area contributed by atoms with E-state index in [9.17, 15) is 23.7 Å². The standard InChI is InChI=1S/C10H9F2N3O4/c11-7-1-6(15(18)19)2-8(12)10(7)13-3-9(17)14(4-13)5-16/h1-2,16H,3-5H2. The van der Waals surface area contributed by atoms with Crippen LogP contribution < -0.4 is 4.90 Å². The Bertz CT molecular complexity index is 529. The highest BCUT2D eigenvalue weighted by Gasteiger charge is 2.31. The maximum Gasteiger partial charge on any atom is 0.275 e. The first-order chi connectivity index (χ1) is 8.93. The zero-order valence-electron chi connectivity index (χ0n) is 9.55. The molecule has 0 bridgehead atoms. The van der Waals surface area contributed by atoms with Crippen LogP contribution in [0.2, 0.25) is 0 Å². The molecule has 0 unspecified atom stereocenters. The van der Waals surface area contributed by atoms with Gasteiger partial charge in [-0.25, -0.2) is 8.78 Å². The minimum atomic E-state index is -1.13. The monoisotopic (exact) mass is 273 g/mol. The van der Waals surface area contributed by atoms with Crippen LogP contribution in [0.5, 0.6) is 0 Å². The van der Waals surface area contributed by atoms with E-state index in [0.717, 1.165) is 9.80 Å². The maximum atomic E-state index is 13.7. The van der Waals surface area contributed by atoms with Crippen molar-refractivity contribution in [1.29, 1.82) is 0 Å². The minimum Gasteiger partial charge on any atom is -0.376 e. The van der Waals surface area contributed by atoms with Crippen molar-refractivity contribution in [1.82, 2.24) is 4.90 Å². The SMILES string of the molecule is O=C1CN(c2c(F)cc([N+](=O)[O-])cc2F)CN1CO. The summed E-state index contributed by atoms with van der Waals surface area (Å²) in [6.45, 7) is -1.04. The van der Waals surface area contributed by atoms with Crippen molar-refractivity contribution in [3.05, 3.63) is 33.9 Å². The van der Waals surface area contributed by atoms with E-state index < -0.39 is 40.6 Å². The Labute approximate surface area is 105 Å². The van der Waals surface area contributed by atoms with E-state index in [2.05, 4.69) is 0 Å². The number of anilines is 1. The molecule has 2 rings (SSSR count). The Morgan fingerprint density at radius 3 is 2.37 bits per heavy atom. The van der Waals surface area contributed by atoms with Crippen LogP contribution in [0.1, 0.15) is 0 Å². The number of carbonyl (C=O) groups excluding carboxylic acids is 1. The lowest BCUT2D eigenvalue weighted by molar-refractivity contribution is -0.385. The van der Waals surface area contributed by atoms with Gasteiger partial charge in [0.2, 0.25) is 5.91 Å². The number of nitrogens with zero attached hydrogens (tertiary/aromatic N) is 3. The van der Waals surface area contributed by atoms with E-state index in [1.54, 1.807) is 0 Å². The second-order valence-electron chi connectivity index (χ2n) is 3.93. The molecule has 19 heavy (non-hydrogen) atoms. The van der Waals surface area contributed by atoms with Crippen LogP contribution in [0, 0.1) is 21.7 Å². The van der Waals surface area contributed by atoms with E-state index in [4.69, 9.17) is 5.11 Å². The number of nitro groups is 1. The summed E-state index contributed by atoms with van der Waals surface area (Å²) in [7, 11) is 0. The Kier molecular flexibility index (Phi) is 3.30. The third-order valence-corrected chi connectivity index (χ3v) is 2.72. The molecule has 0 spiro atoms. The van der Waals surface area contributed by atoms with Crippen LogP contribution in [-0.2, 0) is 4.79 Å². The summed E-state index contributed by atoms with van der Waals surface area (Å²) >= 11 is 0. The number of hydrogen-bond donors (Lipinski definition) is 1. The van der Waals surface area contributed by atoms with Gasteiger partial charge in [0, 0.05) is 0 Å². The summed E-state index contributed by atoms with van der Waals surface area (Å²) in [4.78, 5) is 22.9. The average molecular weight is 273 g/mol. The highest BCUT2D eigenvalue weighted by molar-refractivity contribution is 5.84. The fourth-order valence-electron chi connectivity index (χ4n) is 1.83. The van der Waals surface area contributed by atoms with Gasteiger partial charge >= 0.3 is 0 Å². The summed E-state index contributed by atoms with van der Waals surface area (Å²) in [6, 6.07) is 1.18.